The Labute approximate surface area is 153 Å². The first-order valence-electron chi connectivity index (χ1n) is 10.7. The minimum Gasteiger partial charge on any atom is -0.432 e. The number of ether oxygens (including phenoxy) is 1. The van der Waals surface area contributed by atoms with Crippen molar-refractivity contribution in [2.75, 3.05) is 0 Å². The molecule has 4 saturated carbocycles. The zero-order valence-corrected chi connectivity index (χ0v) is 16.5. The monoisotopic (exact) mass is 344 g/mol. The third-order valence-corrected chi connectivity index (χ3v) is 9.25. The topological polar surface area (TPSA) is 26.3 Å². The van der Waals surface area contributed by atoms with Crippen LogP contribution in [0.1, 0.15) is 85.0 Å². The summed E-state index contributed by atoms with van der Waals surface area (Å²) < 4.78 is 5.46. The van der Waals surface area contributed by atoms with Crippen molar-refractivity contribution in [3.63, 3.8) is 0 Å². The second-order valence-corrected chi connectivity index (χ2v) is 10.1. The molecule has 0 aromatic rings. The minimum absolute atomic E-state index is 0.207. The van der Waals surface area contributed by atoms with Crippen molar-refractivity contribution in [1.29, 1.82) is 0 Å². The molecule has 4 rings (SSSR count). The second-order valence-electron chi connectivity index (χ2n) is 10.1. The van der Waals surface area contributed by atoms with Gasteiger partial charge in [-0.3, -0.25) is 4.79 Å². The number of rotatable bonds is 2. The third-order valence-electron chi connectivity index (χ3n) is 9.25. The molecule has 0 amide bonds. The van der Waals surface area contributed by atoms with E-state index in [-0.39, 0.29) is 5.97 Å². The molecule has 25 heavy (non-hydrogen) atoms. The average molecular weight is 345 g/mol. The van der Waals surface area contributed by atoms with Gasteiger partial charge >= 0.3 is 5.97 Å². The van der Waals surface area contributed by atoms with Gasteiger partial charge in [0.25, 0.3) is 0 Å². The lowest BCUT2D eigenvalue weighted by molar-refractivity contribution is -0.139. The van der Waals surface area contributed by atoms with Gasteiger partial charge in [0.15, 0.2) is 0 Å². The van der Waals surface area contributed by atoms with Gasteiger partial charge < -0.3 is 4.74 Å². The number of esters is 1. The van der Waals surface area contributed by atoms with Crippen molar-refractivity contribution in [3.05, 3.63) is 12.3 Å². The highest BCUT2D eigenvalue weighted by molar-refractivity contribution is 5.67. The van der Waals surface area contributed by atoms with Crippen molar-refractivity contribution in [3.8, 4) is 0 Å². The maximum absolute atomic E-state index is 11.4. The Morgan fingerprint density at radius 3 is 2.44 bits per heavy atom. The molecule has 1 unspecified atom stereocenters. The highest BCUT2D eigenvalue weighted by Crippen LogP contribution is 2.68. The van der Waals surface area contributed by atoms with Crippen LogP contribution in [0.4, 0.5) is 0 Å². The Morgan fingerprint density at radius 2 is 1.68 bits per heavy atom. The van der Waals surface area contributed by atoms with Gasteiger partial charge in [0.2, 0.25) is 0 Å². The largest absolute Gasteiger partial charge is 0.432 e. The predicted octanol–water partition coefficient (Wildman–Crippen LogP) is 6.11. The summed E-state index contributed by atoms with van der Waals surface area (Å²) in [6.45, 7) is 10.8. The van der Waals surface area contributed by atoms with E-state index in [1.165, 1.54) is 64.7 Å². The normalized spacial score (nSPS) is 48.8. The van der Waals surface area contributed by atoms with Crippen molar-refractivity contribution in [2.45, 2.75) is 85.0 Å². The molecule has 2 heteroatoms. The quantitative estimate of drug-likeness (QED) is 0.446. The minimum atomic E-state index is -0.207. The summed E-state index contributed by atoms with van der Waals surface area (Å²) in [5, 5.41) is 0. The van der Waals surface area contributed by atoms with E-state index in [9.17, 15) is 4.79 Å². The first kappa shape index (κ1) is 17.6. The molecule has 4 fully saturated rings. The number of allylic oxidation sites excluding steroid dienone is 1. The zero-order valence-electron chi connectivity index (χ0n) is 16.5. The average Bonchev–Trinajstić information content (AvgIpc) is 2.91. The first-order valence-corrected chi connectivity index (χ1v) is 10.7. The van der Waals surface area contributed by atoms with Crippen LogP contribution in [-0.2, 0) is 9.53 Å². The van der Waals surface area contributed by atoms with Crippen LogP contribution in [0.25, 0.3) is 0 Å². The Morgan fingerprint density at radius 1 is 0.920 bits per heavy atom. The van der Waals surface area contributed by atoms with E-state index >= 15 is 0 Å². The van der Waals surface area contributed by atoms with E-state index in [1.807, 2.05) is 0 Å². The molecular weight excluding hydrogens is 308 g/mol. The molecule has 0 N–H and O–H groups in total. The summed E-state index contributed by atoms with van der Waals surface area (Å²) in [7, 11) is 0. The summed E-state index contributed by atoms with van der Waals surface area (Å²) >= 11 is 0. The van der Waals surface area contributed by atoms with Crippen LogP contribution in [0.2, 0.25) is 0 Å². The molecule has 0 saturated heterocycles. The van der Waals surface area contributed by atoms with Gasteiger partial charge in [0, 0.05) is 12.8 Å². The fourth-order valence-corrected chi connectivity index (χ4v) is 8.08. The van der Waals surface area contributed by atoms with E-state index in [2.05, 4.69) is 20.4 Å². The molecule has 0 heterocycles. The summed E-state index contributed by atoms with van der Waals surface area (Å²) in [5.74, 6) is 4.54. The third kappa shape index (κ3) is 2.61. The molecule has 2 nitrogen and oxygen atoms in total. The molecule has 0 spiro atoms. The molecule has 0 bridgehead atoms. The summed E-state index contributed by atoms with van der Waals surface area (Å²) in [6.07, 6.45) is 13.9. The van der Waals surface area contributed by atoms with Crippen LogP contribution in [0.15, 0.2) is 12.3 Å². The lowest BCUT2D eigenvalue weighted by atomic mass is 9.45. The Kier molecular flexibility index (Phi) is 4.32. The lowest BCUT2D eigenvalue weighted by Crippen LogP contribution is -2.52. The molecule has 0 aromatic heterocycles. The maximum Gasteiger partial charge on any atom is 0.307 e. The van der Waals surface area contributed by atoms with Gasteiger partial charge in [0.05, 0.1) is 0 Å². The summed E-state index contributed by atoms with van der Waals surface area (Å²) in [4.78, 5) is 11.4. The maximum atomic E-state index is 11.4. The predicted molar refractivity (Wildman–Crippen MR) is 101 cm³/mol. The molecule has 4 aliphatic carbocycles. The summed E-state index contributed by atoms with van der Waals surface area (Å²) in [6, 6.07) is 0. The Balaban J connectivity index is 1.57. The standard InChI is InChI=1S/C23H36O2/c1-15(25-16(2)24)19-10-11-20-18-9-8-17-7-5-6-13-22(17,3)21(18)12-14-23(19,20)4/h17-21H,1,5-14H2,2-4H3/t17?,18-,19+,20+,21-,22-,23+/m0/s1. The van der Waals surface area contributed by atoms with E-state index < -0.39 is 0 Å². The number of fused-ring (bicyclic) bond motifs is 5. The van der Waals surface area contributed by atoms with E-state index in [1.54, 1.807) is 0 Å². The molecule has 4 aliphatic rings. The van der Waals surface area contributed by atoms with Crippen molar-refractivity contribution in [1.82, 2.24) is 0 Å². The van der Waals surface area contributed by atoms with Gasteiger partial charge in [-0.2, -0.15) is 0 Å². The van der Waals surface area contributed by atoms with Crippen LogP contribution >= 0.6 is 0 Å². The second kappa shape index (κ2) is 6.13. The van der Waals surface area contributed by atoms with Crippen molar-refractivity contribution < 1.29 is 9.53 Å². The van der Waals surface area contributed by atoms with Crippen LogP contribution < -0.4 is 0 Å². The fraction of sp³-hybridized carbons (Fsp3) is 0.870. The number of hydrogen-bond acceptors (Lipinski definition) is 2. The lowest BCUT2D eigenvalue weighted by Gasteiger charge is -2.60. The van der Waals surface area contributed by atoms with E-state index in [4.69, 9.17) is 4.74 Å². The van der Waals surface area contributed by atoms with E-state index in [0.717, 1.165) is 35.9 Å². The van der Waals surface area contributed by atoms with Crippen LogP contribution in [0.5, 0.6) is 0 Å². The highest BCUT2D eigenvalue weighted by Gasteiger charge is 2.60. The summed E-state index contributed by atoms with van der Waals surface area (Å²) in [5.41, 5.74) is 0.902. The van der Waals surface area contributed by atoms with Crippen LogP contribution in [0, 0.1) is 40.4 Å². The number of carbonyl (C=O) groups is 1. The van der Waals surface area contributed by atoms with Gasteiger partial charge in [-0.05, 0) is 85.9 Å². The molecule has 7 atom stereocenters. The SMILES string of the molecule is C=C(OC(C)=O)[C@H]1CC[C@@H]2[C@@H]3CCC4CCCC[C@]4(C)[C@H]3CC[C@]12C. The smallest absolute Gasteiger partial charge is 0.307 e. The van der Waals surface area contributed by atoms with Gasteiger partial charge in [0.1, 0.15) is 5.76 Å². The Bertz CT molecular complexity index is 566. The van der Waals surface area contributed by atoms with Gasteiger partial charge in [-0.15, -0.1) is 0 Å². The van der Waals surface area contributed by atoms with Gasteiger partial charge in [-0.1, -0.05) is 33.3 Å². The molecule has 0 aromatic carbocycles. The number of carbonyl (C=O) groups excluding carboxylic acids is 1. The molecule has 0 radical (unpaired) electrons. The molecule has 140 valence electrons. The first-order chi connectivity index (χ1) is 11.9. The number of hydrogen-bond donors (Lipinski definition) is 0. The fourth-order valence-electron chi connectivity index (χ4n) is 8.08. The molecule has 0 aliphatic heterocycles. The Hall–Kier alpha value is -0.790. The highest BCUT2D eigenvalue weighted by atomic mass is 16.5. The van der Waals surface area contributed by atoms with Crippen LogP contribution in [0.3, 0.4) is 0 Å². The van der Waals surface area contributed by atoms with E-state index in [0.29, 0.717) is 16.7 Å². The molecular formula is C23H36O2. The van der Waals surface area contributed by atoms with Crippen LogP contribution in [-0.4, -0.2) is 5.97 Å². The van der Waals surface area contributed by atoms with Crippen molar-refractivity contribution >= 4 is 5.97 Å². The van der Waals surface area contributed by atoms with Crippen molar-refractivity contribution in [2.24, 2.45) is 40.4 Å². The zero-order chi connectivity index (χ0) is 17.8. The van der Waals surface area contributed by atoms with Gasteiger partial charge in [-0.25, -0.2) is 0 Å².